The van der Waals surface area contributed by atoms with Crippen LogP contribution in [0.15, 0.2) is 0 Å². The Labute approximate surface area is 74.5 Å². The van der Waals surface area contributed by atoms with Crippen molar-refractivity contribution in [2.75, 3.05) is 40.4 Å². The largest absolute Gasteiger partial charge is 0.391 e. The Morgan fingerprint density at radius 2 is 2.25 bits per heavy atom. The molecule has 0 radical (unpaired) electrons. The van der Waals surface area contributed by atoms with Gasteiger partial charge in [-0.15, -0.1) is 0 Å². The van der Waals surface area contributed by atoms with Crippen LogP contribution in [0.25, 0.3) is 0 Å². The molecule has 0 amide bonds. The summed E-state index contributed by atoms with van der Waals surface area (Å²) in [5.41, 5.74) is 0. The van der Waals surface area contributed by atoms with Crippen LogP contribution in [0.5, 0.6) is 0 Å². The molecule has 1 N–H and O–H groups in total. The molecule has 0 bridgehead atoms. The van der Waals surface area contributed by atoms with Gasteiger partial charge in [-0.25, -0.2) is 0 Å². The maximum atomic E-state index is 8.82. The molecule has 3 heteroatoms. The first-order valence-electron chi connectivity index (χ1n) is 4.68. The third-order valence-corrected chi connectivity index (χ3v) is 2.43. The first kappa shape index (κ1) is 9.96. The van der Waals surface area contributed by atoms with Crippen molar-refractivity contribution in [1.82, 2.24) is 0 Å². The Bertz CT molecular complexity index is 130. The number of aliphatic hydroxyl groups excluding tert-OH is 1. The lowest BCUT2D eigenvalue weighted by Gasteiger charge is -2.31. The number of quaternary nitrogens is 1. The van der Waals surface area contributed by atoms with Crippen molar-refractivity contribution >= 4 is 0 Å². The zero-order valence-electron chi connectivity index (χ0n) is 8.12. The van der Waals surface area contributed by atoms with E-state index in [0.717, 1.165) is 24.2 Å². The highest BCUT2D eigenvalue weighted by Crippen LogP contribution is 2.14. The predicted octanol–water partition coefficient (Wildman–Crippen LogP) is 0.234. The van der Waals surface area contributed by atoms with E-state index in [1.54, 1.807) is 0 Å². The number of hydrogen-bond donors (Lipinski definition) is 1. The van der Waals surface area contributed by atoms with Crippen LogP contribution in [0.4, 0.5) is 0 Å². The van der Waals surface area contributed by atoms with Crippen LogP contribution in [0.2, 0.25) is 0 Å². The highest BCUT2D eigenvalue weighted by Gasteiger charge is 2.24. The lowest BCUT2D eigenvalue weighted by Crippen LogP contribution is -2.46. The Morgan fingerprint density at radius 3 is 2.75 bits per heavy atom. The highest BCUT2D eigenvalue weighted by molar-refractivity contribution is 4.63. The first-order chi connectivity index (χ1) is 5.64. The van der Waals surface area contributed by atoms with Crippen molar-refractivity contribution in [2.24, 2.45) is 0 Å². The van der Waals surface area contributed by atoms with Crippen molar-refractivity contribution in [3.8, 4) is 0 Å². The number of rotatable bonds is 4. The minimum atomic E-state index is 0.264. The van der Waals surface area contributed by atoms with Crippen molar-refractivity contribution in [1.29, 1.82) is 0 Å². The van der Waals surface area contributed by atoms with Gasteiger partial charge in [0.05, 0.1) is 20.7 Å². The van der Waals surface area contributed by atoms with Gasteiger partial charge in [-0.2, -0.15) is 0 Å². The average Bonchev–Trinajstić information content (AvgIpc) is 2.38. The lowest BCUT2D eigenvalue weighted by atomic mass is 10.2. The van der Waals surface area contributed by atoms with Crippen LogP contribution in [0.1, 0.15) is 12.8 Å². The topological polar surface area (TPSA) is 29.5 Å². The number of ether oxygens (including phenoxy) is 1. The maximum Gasteiger partial charge on any atom is 0.106 e. The molecule has 0 saturated carbocycles. The molecule has 1 fully saturated rings. The number of hydrogen-bond acceptors (Lipinski definition) is 2. The molecule has 1 unspecified atom stereocenters. The van der Waals surface area contributed by atoms with Crippen LogP contribution in [0, 0.1) is 0 Å². The van der Waals surface area contributed by atoms with Crippen molar-refractivity contribution in [2.45, 2.75) is 18.9 Å². The van der Waals surface area contributed by atoms with Gasteiger partial charge in [0.1, 0.15) is 19.2 Å². The molecule has 12 heavy (non-hydrogen) atoms. The Morgan fingerprint density at radius 1 is 1.50 bits per heavy atom. The molecular formula is C9H20NO2+. The smallest absolute Gasteiger partial charge is 0.106 e. The SMILES string of the molecule is C[N+](C)(CCO)CC1CCCO1. The molecule has 0 aromatic heterocycles. The third-order valence-electron chi connectivity index (χ3n) is 2.43. The summed E-state index contributed by atoms with van der Waals surface area (Å²) in [6.07, 6.45) is 2.81. The van der Waals surface area contributed by atoms with E-state index in [9.17, 15) is 0 Å². The Balaban J connectivity index is 2.27. The van der Waals surface area contributed by atoms with E-state index in [0.29, 0.717) is 6.10 Å². The molecule has 1 aliphatic rings. The molecule has 0 spiro atoms. The quantitative estimate of drug-likeness (QED) is 0.618. The van der Waals surface area contributed by atoms with Gasteiger partial charge in [0.25, 0.3) is 0 Å². The van der Waals surface area contributed by atoms with Crippen molar-refractivity contribution in [3.05, 3.63) is 0 Å². The van der Waals surface area contributed by atoms with E-state index in [2.05, 4.69) is 14.1 Å². The molecule has 1 aliphatic heterocycles. The summed E-state index contributed by atoms with van der Waals surface area (Å²) in [7, 11) is 4.27. The summed E-state index contributed by atoms with van der Waals surface area (Å²) >= 11 is 0. The van der Waals surface area contributed by atoms with Crippen LogP contribution in [-0.4, -0.2) is 56.1 Å². The van der Waals surface area contributed by atoms with Crippen molar-refractivity contribution < 1.29 is 14.3 Å². The normalized spacial score (nSPS) is 24.8. The number of aliphatic hydroxyl groups is 1. The van der Waals surface area contributed by atoms with Gasteiger partial charge < -0.3 is 14.3 Å². The molecule has 0 aromatic carbocycles. The van der Waals surface area contributed by atoms with E-state index >= 15 is 0 Å². The van der Waals surface area contributed by atoms with Gasteiger partial charge in [-0.05, 0) is 12.8 Å². The first-order valence-corrected chi connectivity index (χ1v) is 4.68. The second kappa shape index (κ2) is 4.21. The highest BCUT2D eigenvalue weighted by atomic mass is 16.5. The summed E-state index contributed by atoms with van der Waals surface area (Å²) < 4.78 is 6.40. The Hall–Kier alpha value is -0.120. The van der Waals surface area contributed by atoms with Crippen molar-refractivity contribution in [3.63, 3.8) is 0 Å². The maximum absolute atomic E-state index is 8.82. The fraction of sp³-hybridized carbons (Fsp3) is 1.00. The molecule has 1 rings (SSSR count). The predicted molar refractivity (Wildman–Crippen MR) is 47.9 cm³/mol. The molecule has 3 nitrogen and oxygen atoms in total. The molecule has 1 atom stereocenters. The zero-order chi connectivity index (χ0) is 9.03. The molecule has 1 heterocycles. The van der Waals surface area contributed by atoms with Gasteiger partial charge in [0, 0.05) is 6.61 Å². The second-order valence-electron chi connectivity index (χ2n) is 4.20. The van der Waals surface area contributed by atoms with Gasteiger partial charge in [-0.1, -0.05) is 0 Å². The average molecular weight is 174 g/mol. The second-order valence-corrected chi connectivity index (χ2v) is 4.20. The van der Waals surface area contributed by atoms with Crippen LogP contribution in [0.3, 0.4) is 0 Å². The minimum absolute atomic E-state index is 0.264. The zero-order valence-corrected chi connectivity index (χ0v) is 8.12. The summed E-state index contributed by atoms with van der Waals surface area (Å²) in [6.45, 7) is 3.03. The standard InChI is InChI=1S/C9H20NO2/c1-10(2,5-6-11)8-9-4-3-7-12-9/h9,11H,3-8H2,1-2H3/q+1. The summed E-state index contributed by atoms with van der Waals surface area (Å²) in [5, 5.41) is 8.82. The molecule has 0 aliphatic carbocycles. The van der Waals surface area contributed by atoms with E-state index in [1.807, 2.05) is 0 Å². The minimum Gasteiger partial charge on any atom is -0.391 e. The fourth-order valence-electron chi connectivity index (χ4n) is 1.70. The van der Waals surface area contributed by atoms with Crippen LogP contribution in [-0.2, 0) is 4.74 Å². The molecular weight excluding hydrogens is 154 g/mol. The van der Waals surface area contributed by atoms with Gasteiger partial charge in [0.2, 0.25) is 0 Å². The van der Waals surface area contributed by atoms with E-state index in [1.165, 1.54) is 12.8 Å². The lowest BCUT2D eigenvalue weighted by molar-refractivity contribution is -0.893. The summed E-state index contributed by atoms with van der Waals surface area (Å²) in [5.74, 6) is 0. The van der Waals surface area contributed by atoms with E-state index in [-0.39, 0.29) is 6.61 Å². The third kappa shape index (κ3) is 3.09. The van der Waals surface area contributed by atoms with E-state index in [4.69, 9.17) is 9.84 Å². The number of nitrogens with zero attached hydrogens (tertiary/aromatic N) is 1. The number of likely N-dealkylation sites (N-methyl/N-ethyl adjacent to an activating group) is 1. The Kier molecular flexibility index (Phi) is 3.50. The monoisotopic (exact) mass is 174 g/mol. The molecule has 72 valence electrons. The van der Waals surface area contributed by atoms with Crippen LogP contribution < -0.4 is 0 Å². The van der Waals surface area contributed by atoms with Gasteiger partial charge >= 0.3 is 0 Å². The van der Waals surface area contributed by atoms with Crippen LogP contribution >= 0.6 is 0 Å². The van der Waals surface area contributed by atoms with Gasteiger partial charge in [0.15, 0.2) is 0 Å². The summed E-state index contributed by atoms with van der Waals surface area (Å²) in [4.78, 5) is 0. The summed E-state index contributed by atoms with van der Waals surface area (Å²) in [6, 6.07) is 0. The molecule has 0 aromatic rings. The fourth-order valence-corrected chi connectivity index (χ4v) is 1.70. The molecule has 1 saturated heterocycles. The van der Waals surface area contributed by atoms with E-state index < -0.39 is 0 Å². The van der Waals surface area contributed by atoms with Gasteiger partial charge in [-0.3, -0.25) is 0 Å².